The van der Waals surface area contributed by atoms with Gasteiger partial charge in [0.05, 0.1) is 0 Å². The maximum Gasteiger partial charge on any atom is 0.325 e. The van der Waals surface area contributed by atoms with Gasteiger partial charge in [-0.15, -0.1) is 0 Å². The van der Waals surface area contributed by atoms with Gasteiger partial charge >= 0.3 is 6.03 Å². The van der Waals surface area contributed by atoms with Crippen LogP contribution in [0.4, 0.5) is 10.5 Å². The van der Waals surface area contributed by atoms with E-state index in [4.69, 9.17) is 0 Å². The largest absolute Gasteiger partial charge is 0.352 e. The van der Waals surface area contributed by atoms with Gasteiger partial charge in [0.25, 0.3) is 11.8 Å². The zero-order chi connectivity index (χ0) is 21.7. The van der Waals surface area contributed by atoms with Gasteiger partial charge in [-0.05, 0) is 56.2 Å². The first-order valence-corrected chi connectivity index (χ1v) is 10.7. The normalized spacial score (nSPS) is 23.4. The molecule has 1 aromatic carbocycles. The van der Waals surface area contributed by atoms with Crippen LogP contribution in [0, 0.1) is 5.92 Å². The lowest BCUT2D eigenvalue weighted by atomic mass is 9.75. The fourth-order valence-corrected chi connectivity index (χ4v) is 4.16. The standard InChI is InChI=1S/C22H30N4O4/c1-3-12-23-19(28)16-6-5-7-17(13-16)24-18(27)14-26-20(29)22(25-21(26)30)10-8-15(4-2)9-11-22/h5-7,13,15H,3-4,8-12,14H2,1-2H3,(H,23,28)(H,24,27)(H,25,30). The summed E-state index contributed by atoms with van der Waals surface area (Å²) in [5, 5.41) is 8.29. The van der Waals surface area contributed by atoms with Crippen LogP contribution in [0.3, 0.4) is 0 Å². The molecule has 1 aliphatic heterocycles. The summed E-state index contributed by atoms with van der Waals surface area (Å²) in [6, 6.07) is 6.05. The maximum absolute atomic E-state index is 12.9. The Morgan fingerprint density at radius 2 is 1.93 bits per heavy atom. The third-order valence-corrected chi connectivity index (χ3v) is 6.03. The summed E-state index contributed by atoms with van der Waals surface area (Å²) in [5.41, 5.74) is 0.0117. The molecule has 3 N–H and O–H groups in total. The minimum Gasteiger partial charge on any atom is -0.352 e. The molecule has 0 aromatic heterocycles. The molecule has 8 heteroatoms. The Labute approximate surface area is 176 Å². The number of rotatable bonds is 7. The van der Waals surface area contributed by atoms with E-state index in [1.807, 2.05) is 6.92 Å². The van der Waals surface area contributed by atoms with Crippen LogP contribution in [0.25, 0.3) is 0 Å². The first-order valence-electron chi connectivity index (χ1n) is 10.7. The Kier molecular flexibility index (Phi) is 6.74. The van der Waals surface area contributed by atoms with Crippen LogP contribution in [0.2, 0.25) is 0 Å². The highest BCUT2D eigenvalue weighted by molar-refractivity contribution is 6.10. The number of amides is 5. The van der Waals surface area contributed by atoms with E-state index in [0.29, 0.717) is 36.6 Å². The first kappa shape index (κ1) is 21.8. The molecule has 1 spiro atoms. The monoisotopic (exact) mass is 414 g/mol. The Hall–Kier alpha value is -2.90. The van der Waals surface area contributed by atoms with Gasteiger partial charge in [-0.25, -0.2) is 4.79 Å². The summed E-state index contributed by atoms with van der Waals surface area (Å²) in [6.45, 7) is 4.32. The van der Waals surface area contributed by atoms with Crippen LogP contribution in [0.5, 0.6) is 0 Å². The molecule has 30 heavy (non-hydrogen) atoms. The van der Waals surface area contributed by atoms with Crippen molar-refractivity contribution in [3.8, 4) is 0 Å². The van der Waals surface area contributed by atoms with Crippen LogP contribution < -0.4 is 16.0 Å². The van der Waals surface area contributed by atoms with Crippen molar-refractivity contribution in [1.82, 2.24) is 15.5 Å². The van der Waals surface area contributed by atoms with Gasteiger partial charge in [-0.1, -0.05) is 26.3 Å². The summed E-state index contributed by atoms with van der Waals surface area (Å²) < 4.78 is 0. The average Bonchev–Trinajstić information content (AvgIpc) is 2.96. The molecule has 5 amide bonds. The number of urea groups is 1. The zero-order valence-corrected chi connectivity index (χ0v) is 17.6. The van der Waals surface area contributed by atoms with Crippen molar-refractivity contribution < 1.29 is 19.2 Å². The molecular weight excluding hydrogens is 384 g/mol. The summed E-state index contributed by atoms with van der Waals surface area (Å²) in [4.78, 5) is 50.9. The number of hydrogen-bond acceptors (Lipinski definition) is 4. The third-order valence-electron chi connectivity index (χ3n) is 6.03. The predicted molar refractivity (Wildman–Crippen MR) is 113 cm³/mol. The quantitative estimate of drug-likeness (QED) is 0.596. The Balaban J connectivity index is 1.61. The van der Waals surface area contributed by atoms with Crippen molar-refractivity contribution in [3.63, 3.8) is 0 Å². The molecule has 0 radical (unpaired) electrons. The molecule has 1 heterocycles. The van der Waals surface area contributed by atoms with Crippen molar-refractivity contribution in [2.24, 2.45) is 5.92 Å². The fraction of sp³-hybridized carbons (Fsp3) is 0.545. The van der Waals surface area contributed by atoms with Crippen molar-refractivity contribution in [1.29, 1.82) is 0 Å². The lowest BCUT2D eigenvalue weighted by Crippen LogP contribution is -2.49. The van der Waals surface area contributed by atoms with Crippen molar-refractivity contribution in [2.75, 3.05) is 18.4 Å². The van der Waals surface area contributed by atoms with Gasteiger partial charge in [0, 0.05) is 17.8 Å². The molecule has 0 atom stereocenters. The van der Waals surface area contributed by atoms with Gasteiger partial charge in [-0.3, -0.25) is 19.3 Å². The number of carbonyl (C=O) groups is 4. The molecule has 1 saturated carbocycles. The molecule has 2 aliphatic rings. The van der Waals surface area contributed by atoms with E-state index < -0.39 is 17.5 Å². The van der Waals surface area contributed by atoms with E-state index >= 15 is 0 Å². The average molecular weight is 415 g/mol. The minimum atomic E-state index is -0.861. The fourth-order valence-electron chi connectivity index (χ4n) is 4.16. The zero-order valence-electron chi connectivity index (χ0n) is 17.6. The molecule has 3 rings (SSSR count). The van der Waals surface area contributed by atoms with E-state index in [2.05, 4.69) is 22.9 Å². The number of nitrogens with zero attached hydrogens (tertiary/aromatic N) is 1. The smallest absolute Gasteiger partial charge is 0.325 e. The van der Waals surface area contributed by atoms with E-state index in [1.54, 1.807) is 24.3 Å². The topological polar surface area (TPSA) is 108 Å². The van der Waals surface area contributed by atoms with Gasteiger partial charge in [-0.2, -0.15) is 0 Å². The van der Waals surface area contributed by atoms with E-state index in [1.165, 1.54) is 0 Å². The number of hydrogen-bond donors (Lipinski definition) is 3. The third kappa shape index (κ3) is 4.63. The Bertz CT molecular complexity index is 830. The van der Waals surface area contributed by atoms with Gasteiger partial charge in [0.15, 0.2) is 0 Å². The maximum atomic E-state index is 12.9. The Morgan fingerprint density at radius 1 is 1.20 bits per heavy atom. The highest BCUT2D eigenvalue weighted by Crippen LogP contribution is 2.37. The first-order chi connectivity index (χ1) is 14.4. The van der Waals surface area contributed by atoms with E-state index in [9.17, 15) is 19.2 Å². The van der Waals surface area contributed by atoms with Crippen LogP contribution >= 0.6 is 0 Å². The van der Waals surface area contributed by atoms with E-state index in [-0.39, 0.29) is 18.4 Å². The molecule has 1 saturated heterocycles. The van der Waals surface area contributed by atoms with Gasteiger partial charge in [0.1, 0.15) is 12.1 Å². The molecule has 0 bridgehead atoms. The molecule has 1 aromatic rings. The van der Waals surface area contributed by atoms with Crippen LogP contribution in [0.1, 0.15) is 62.7 Å². The number of nitrogens with one attached hydrogen (secondary N) is 3. The highest BCUT2D eigenvalue weighted by atomic mass is 16.2. The predicted octanol–water partition coefficient (Wildman–Crippen LogP) is 2.66. The molecule has 162 valence electrons. The lowest BCUT2D eigenvalue weighted by Gasteiger charge is -2.34. The van der Waals surface area contributed by atoms with Crippen LogP contribution in [-0.4, -0.2) is 47.3 Å². The molecular formula is C22H30N4O4. The number of benzene rings is 1. The van der Waals surface area contributed by atoms with E-state index in [0.717, 1.165) is 30.6 Å². The SMILES string of the molecule is CCCNC(=O)c1cccc(NC(=O)CN2C(=O)NC3(CCC(CC)CC3)C2=O)c1. The van der Waals surface area contributed by atoms with Crippen LogP contribution in [0.15, 0.2) is 24.3 Å². The second-order valence-corrected chi connectivity index (χ2v) is 8.14. The van der Waals surface area contributed by atoms with Crippen molar-refractivity contribution >= 4 is 29.4 Å². The van der Waals surface area contributed by atoms with Crippen molar-refractivity contribution in [2.45, 2.75) is 57.9 Å². The summed E-state index contributed by atoms with van der Waals surface area (Å²) in [7, 11) is 0. The second kappa shape index (κ2) is 9.28. The Morgan fingerprint density at radius 3 is 2.60 bits per heavy atom. The van der Waals surface area contributed by atoms with Crippen LogP contribution in [-0.2, 0) is 9.59 Å². The molecule has 8 nitrogen and oxygen atoms in total. The molecule has 2 fully saturated rings. The number of carbonyl (C=O) groups excluding carboxylic acids is 4. The summed E-state index contributed by atoms with van der Waals surface area (Å²) >= 11 is 0. The number of anilines is 1. The summed E-state index contributed by atoms with van der Waals surface area (Å²) in [5.74, 6) is -0.431. The number of imide groups is 1. The second-order valence-electron chi connectivity index (χ2n) is 8.14. The summed E-state index contributed by atoms with van der Waals surface area (Å²) in [6.07, 6.45) is 4.92. The molecule has 1 aliphatic carbocycles. The van der Waals surface area contributed by atoms with Gasteiger partial charge in [0.2, 0.25) is 5.91 Å². The molecule has 0 unspecified atom stereocenters. The van der Waals surface area contributed by atoms with Gasteiger partial charge < -0.3 is 16.0 Å². The lowest BCUT2D eigenvalue weighted by molar-refractivity contribution is -0.135. The minimum absolute atomic E-state index is 0.216. The van der Waals surface area contributed by atoms with Crippen molar-refractivity contribution in [3.05, 3.63) is 29.8 Å². The highest BCUT2D eigenvalue weighted by Gasteiger charge is 2.52.